The molecule has 1 aromatic carbocycles. The van der Waals surface area contributed by atoms with Gasteiger partial charge < -0.3 is 10.4 Å². The quantitative estimate of drug-likeness (QED) is 0.847. The fraction of sp³-hybridized carbons (Fsp3) is 0.267. The van der Waals surface area contributed by atoms with Gasteiger partial charge in [-0.1, -0.05) is 43.3 Å². The zero-order valence-corrected chi connectivity index (χ0v) is 10.5. The lowest BCUT2D eigenvalue weighted by Crippen LogP contribution is -2.04. The van der Waals surface area contributed by atoms with E-state index < -0.39 is 6.10 Å². The van der Waals surface area contributed by atoms with Crippen molar-refractivity contribution in [1.29, 1.82) is 0 Å². The van der Waals surface area contributed by atoms with Crippen LogP contribution in [0, 0.1) is 0 Å². The van der Waals surface area contributed by atoms with Crippen LogP contribution in [0.2, 0.25) is 0 Å². The van der Waals surface area contributed by atoms with E-state index in [0.717, 1.165) is 29.9 Å². The van der Waals surface area contributed by atoms with Crippen LogP contribution < -0.4 is 5.32 Å². The van der Waals surface area contributed by atoms with Crippen LogP contribution >= 0.6 is 0 Å². The summed E-state index contributed by atoms with van der Waals surface area (Å²) in [7, 11) is 0. The maximum Gasteiger partial charge on any atom is 0.125 e. The highest BCUT2D eigenvalue weighted by atomic mass is 16.3. The number of hydrogen-bond donors (Lipinski definition) is 2. The average Bonchev–Trinajstić information content (AvgIpc) is 2.46. The van der Waals surface area contributed by atoms with E-state index in [1.807, 2.05) is 42.5 Å². The molecule has 3 nitrogen and oxygen atoms in total. The van der Waals surface area contributed by atoms with E-state index in [1.54, 1.807) is 6.20 Å². The molecular formula is C15H18N2O. The fourth-order valence-electron chi connectivity index (χ4n) is 1.75. The molecule has 0 amide bonds. The van der Waals surface area contributed by atoms with Crippen molar-refractivity contribution in [2.45, 2.75) is 19.4 Å². The number of anilines is 1. The molecule has 1 aromatic heterocycles. The minimum Gasteiger partial charge on any atom is -0.384 e. The Morgan fingerprint density at radius 3 is 2.50 bits per heavy atom. The zero-order valence-electron chi connectivity index (χ0n) is 10.5. The smallest absolute Gasteiger partial charge is 0.125 e. The fourth-order valence-corrected chi connectivity index (χ4v) is 1.75. The third-order valence-corrected chi connectivity index (χ3v) is 2.77. The molecule has 0 aliphatic rings. The molecule has 2 rings (SSSR count). The standard InChI is InChI=1S/C15H18N2O/c1-2-10-16-14-9-8-13(11-17-14)15(18)12-6-4-3-5-7-12/h3-9,11,15,18H,2,10H2,1H3,(H,16,17). The van der Waals surface area contributed by atoms with Crippen molar-refractivity contribution in [3.8, 4) is 0 Å². The Balaban J connectivity index is 2.09. The van der Waals surface area contributed by atoms with Gasteiger partial charge in [-0.15, -0.1) is 0 Å². The van der Waals surface area contributed by atoms with Gasteiger partial charge in [-0.25, -0.2) is 4.98 Å². The number of hydrogen-bond acceptors (Lipinski definition) is 3. The third kappa shape index (κ3) is 3.08. The topological polar surface area (TPSA) is 45.1 Å². The van der Waals surface area contributed by atoms with E-state index >= 15 is 0 Å². The summed E-state index contributed by atoms with van der Waals surface area (Å²) in [5.74, 6) is 0.848. The van der Waals surface area contributed by atoms with Gasteiger partial charge in [-0.2, -0.15) is 0 Å². The normalized spacial score (nSPS) is 12.1. The van der Waals surface area contributed by atoms with Crippen molar-refractivity contribution in [2.24, 2.45) is 0 Å². The maximum atomic E-state index is 10.2. The van der Waals surface area contributed by atoms with E-state index in [-0.39, 0.29) is 0 Å². The number of rotatable bonds is 5. The van der Waals surface area contributed by atoms with Crippen molar-refractivity contribution < 1.29 is 5.11 Å². The first-order chi connectivity index (χ1) is 8.81. The zero-order chi connectivity index (χ0) is 12.8. The number of aliphatic hydroxyl groups is 1. The average molecular weight is 242 g/mol. The maximum absolute atomic E-state index is 10.2. The third-order valence-electron chi connectivity index (χ3n) is 2.77. The molecular weight excluding hydrogens is 224 g/mol. The van der Waals surface area contributed by atoms with Gasteiger partial charge in [-0.05, 0) is 18.1 Å². The molecule has 1 atom stereocenters. The second kappa shape index (κ2) is 6.17. The van der Waals surface area contributed by atoms with E-state index in [2.05, 4.69) is 17.2 Å². The molecule has 2 aromatic rings. The lowest BCUT2D eigenvalue weighted by atomic mass is 10.0. The first-order valence-corrected chi connectivity index (χ1v) is 6.24. The lowest BCUT2D eigenvalue weighted by molar-refractivity contribution is 0.220. The van der Waals surface area contributed by atoms with Crippen molar-refractivity contribution in [2.75, 3.05) is 11.9 Å². The largest absolute Gasteiger partial charge is 0.384 e. The van der Waals surface area contributed by atoms with Crippen molar-refractivity contribution in [3.05, 3.63) is 59.8 Å². The number of benzene rings is 1. The van der Waals surface area contributed by atoms with Crippen LogP contribution in [-0.2, 0) is 0 Å². The highest BCUT2D eigenvalue weighted by Gasteiger charge is 2.09. The second-order valence-electron chi connectivity index (χ2n) is 4.22. The Hall–Kier alpha value is -1.87. The predicted octanol–water partition coefficient (Wildman–Crippen LogP) is 2.99. The predicted molar refractivity (Wildman–Crippen MR) is 73.5 cm³/mol. The molecule has 0 radical (unpaired) electrons. The van der Waals surface area contributed by atoms with Gasteiger partial charge >= 0.3 is 0 Å². The summed E-state index contributed by atoms with van der Waals surface area (Å²) < 4.78 is 0. The number of aliphatic hydroxyl groups excluding tert-OH is 1. The van der Waals surface area contributed by atoms with Crippen molar-refractivity contribution in [3.63, 3.8) is 0 Å². The number of nitrogens with zero attached hydrogens (tertiary/aromatic N) is 1. The molecule has 0 aliphatic carbocycles. The first-order valence-electron chi connectivity index (χ1n) is 6.24. The highest BCUT2D eigenvalue weighted by Crippen LogP contribution is 2.21. The van der Waals surface area contributed by atoms with Gasteiger partial charge in [0, 0.05) is 18.3 Å². The molecule has 0 saturated heterocycles. The Kier molecular flexibility index (Phi) is 4.31. The van der Waals surface area contributed by atoms with Gasteiger partial charge in [0.1, 0.15) is 11.9 Å². The summed E-state index contributed by atoms with van der Waals surface area (Å²) >= 11 is 0. The molecule has 3 heteroatoms. The van der Waals surface area contributed by atoms with Crippen LogP contribution in [0.15, 0.2) is 48.7 Å². The SMILES string of the molecule is CCCNc1ccc(C(O)c2ccccc2)cn1. The summed E-state index contributed by atoms with van der Waals surface area (Å²) in [6, 6.07) is 13.4. The molecule has 0 aliphatic heterocycles. The Morgan fingerprint density at radius 1 is 1.11 bits per heavy atom. The summed E-state index contributed by atoms with van der Waals surface area (Å²) in [6.45, 7) is 3.02. The van der Waals surface area contributed by atoms with Crippen LogP contribution in [0.4, 0.5) is 5.82 Å². The van der Waals surface area contributed by atoms with Crippen LogP contribution in [0.25, 0.3) is 0 Å². The van der Waals surface area contributed by atoms with Crippen LogP contribution in [0.5, 0.6) is 0 Å². The number of pyridine rings is 1. The van der Waals surface area contributed by atoms with Gasteiger partial charge in [0.2, 0.25) is 0 Å². The first kappa shape index (κ1) is 12.6. The molecule has 0 saturated carbocycles. The monoisotopic (exact) mass is 242 g/mol. The minimum absolute atomic E-state index is 0.612. The van der Waals surface area contributed by atoms with Crippen molar-refractivity contribution in [1.82, 2.24) is 4.98 Å². The van der Waals surface area contributed by atoms with Crippen LogP contribution in [0.1, 0.15) is 30.6 Å². The van der Waals surface area contributed by atoms with E-state index in [1.165, 1.54) is 0 Å². The van der Waals surface area contributed by atoms with Crippen molar-refractivity contribution >= 4 is 5.82 Å². The number of nitrogens with one attached hydrogen (secondary N) is 1. The molecule has 18 heavy (non-hydrogen) atoms. The summed E-state index contributed by atoms with van der Waals surface area (Å²) in [5, 5.41) is 13.4. The van der Waals surface area contributed by atoms with Gasteiger partial charge in [0.05, 0.1) is 0 Å². The van der Waals surface area contributed by atoms with E-state index in [0.29, 0.717) is 0 Å². The summed E-state index contributed by atoms with van der Waals surface area (Å²) in [4.78, 5) is 4.29. The molecule has 2 N–H and O–H groups in total. The Morgan fingerprint density at radius 2 is 1.89 bits per heavy atom. The van der Waals surface area contributed by atoms with Crippen LogP contribution in [0.3, 0.4) is 0 Å². The van der Waals surface area contributed by atoms with Gasteiger partial charge in [0.15, 0.2) is 0 Å². The molecule has 0 fully saturated rings. The minimum atomic E-state index is -0.612. The lowest BCUT2D eigenvalue weighted by Gasteiger charge is -2.11. The van der Waals surface area contributed by atoms with Gasteiger partial charge in [-0.3, -0.25) is 0 Å². The Labute approximate surface area is 108 Å². The summed E-state index contributed by atoms with van der Waals surface area (Å²) in [5.41, 5.74) is 1.69. The molecule has 94 valence electrons. The van der Waals surface area contributed by atoms with E-state index in [4.69, 9.17) is 0 Å². The number of aromatic nitrogens is 1. The van der Waals surface area contributed by atoms with Gasteiger partial charge in [0.25, 0.3) is 0 Å². The van der Waals surface area contributed by atoms with E-state index in [9.17, 15) is 5.11 Å². The molecule has 0 bridgehead atoms. The molecule has 1 heterocycles. The second-order valence-corrected chi connectivity index (χ2v) is 4.22. The summed E-state index contributed by atoms with van der Waals surface area (Å²) in [6.07, 6.45) is 2.17. The molecule has 1 unspecified atom stereocenters. The Bertz CT molecular complexity index is 468. The van der Waals surface area contributed by atoms with Crippen LogP contribution in [-0.4, -0.2) is 16.6 Å². The highest BCUT2D eigenvalue weighted by molar-refractivity contribution is 5.37. The molecule has 0 spiro atoms.